The van der Waals surface area contributed by atoms with E-state index in [1.807, 2.05) is 67.0 Å². The predicted octanol–water partition coefficient (Wildman–Crippen LogP) is 5.14. The maximum Gasteiger partial charge on any atom is 0.248 e. The van der Waals surface area contributed by atoms with Crippen LogP contribution in [0, 0.1) is 0 Å². The third-order valence-electron chi connectivity index (χ3n) is 5.10. The highest BCUT2D eigenvalue weighted by atomic mass is 16.1. The van der Waals surface area contributed by atoms with E-state index < -0.39 is 5.91 Å². The number of pyridine rings is 2. The van der Waals surface area contributed by atoms with Gasteiger partial charge in [0, 0.05) is 18.0 Å². The molecule has 0 fully saturated rings. The molecule has 30 heavy (non-hydrogen) atoms. The van der Waals surface area contributed by atoms with Gasteiger partial charge in [-0.25, -0.2) is 0 Å². The summed E-state index contributed by atoms with van der Waals surface area (Å²) >= 11 is 0. The van der Waals surface area contributed by atoms with E-state index in [-0.39, 0.29) is 6.04 Å². The maximum absolute atomic E-state index is 11.7. The second kappa shape index (κ2) is 8.57. The third kappa shape index (κ3) is 3.91. The van der Waals surface area contributed by atoms with Crippen LogP contribution in [-0.4, -0.2) is 15.9 Å². The standard InChI is InChI=1S/C25H22N4O/c1-18(29(21-9-5-13-27-16-21)22-10-6-14-28-17-22)23-11-2-3-12-24(23)19-7-4-8-20(15-19)25(26)30/h2-18H,1H3,(H2,26,30). The molecule has 0 aliphatic rings. The summed E-state index contributed by atoms with van der Waals surface area (Å²) in [6, 6.07) is 23.5. The second-order valence-corrected chi connectivity index (χ2v) is 7.00. The molecule has 0 radical (unpaired) electrons. The Hall–Kier alpha value is -3.99. The molecule has 4 aromatic rings. The summed E-state index contributed by atoms with van der Waals surface area (Å²) in [4.78, 5) is 22.5. The zero-order valence-corrected chi connectivity index (χ0v) is 16.6. The van der Waals surface area contributed by atoms with E-state index in [0.717, 1.165) is 28.1 Å². The molecule has 2 N–H and O–H groups in total. The summed E-state index contributed by atoms with van der Waals surface area (Å²) in [7, 11) is 0. The van der Waals surface area contributed by atoms with Gasteiger partial charge in [-0.05, 0) is 60.0 Å². The summed E-state index contributed by atoms with van der Waals surface area (Å²) < 4.78 is 0. The number of rotatable bonds is 6. The van der Waals surface area contributed by atoms with E-state index in [0.29, 0.717) is 5.56 Å². The van der Waals surface area contributed by atoms with Crippen molar-refractivity contribution in [2.75, 3.05) is 4.90 Å². The number of hydrogen-bond donors (Lipinski definition) is 1. The van der Waals surface area contributed by atoms with Gasteiger partial charge in [0.15, 0.2) is 0 Å². The van der Waals surface area contributed by atoms with Crippen molar-refractivity contribution in [3.05, 3.63) is 109 Å². The minimum absolute atomic E-state index is 0.0214. The number of primary amides is 1. The molecular weight excluding hydrogens is 372 g/mol. The number of nitrogens with two attached hydrogens (primary N) is 1. The maximum atomic E-state index is 11.7. The Morgan fingerprint density at radius 3 is 2.13 bits per heavy atom. The normalized spacial score (nSPS) is 11.6. The highest BCUT2D eigenvalue weighted by Gasteiger charge is 2.22. The first kappa shape index (κ1) is 19.3. The van der Waals surface area contributed by atoms with Crippen molar-refractivity contribution in [1.29, 1.82) is 0 Å². The van der Waals surface area contributed by atoms with Gasteiger partial charge in [-0.3, -0.25) is 14.8 Å². The third-order valence-corrected chi connectivity index (χ3v) is 5.10. The van der Waals surface area contributed by atoms with Gasteiger partial charge in [0.2, 0.25) is 5.91 Å². The minimum Gasteiger partial charge on any atom is -0.366 e. The summed E-state index contributed by atoms with van der Waals surface area (Å²) in [5, 5.41) is 0. The summed E-state index contributed by atoms with van der Waals surface area (Å²) in [6.07, 6.45) is 7.22. The Bertz CT molecular complexity index is 1110. The van der Waals surface area contributed by atoms with Crippen LogP contribution in [0.4, 0.5) is 11.4 Å². The first-order valence-electron chi connectivity index (χ1n) is 9.73. The molecular formula is C25H22N4O. The van der Waals surface area contributed by atoms with E-state index in [2.05, 4.69) is 33.9 Å². The van der Waals surface area contributed by atoms with E-state index in [1.54, 1.807) is 18.5 Å². The summed E-state index contributed by atoms with van der Waals surface area (Å²) in [5.74, 6) is -0.435. The Morgan fingerprint density at radius 2 is 1.53 bits per heavy atom. The molecule has 2 aromatic carbocycles. The molecule has 0 aliphatic heterocycles. The van der Waals surface area contributed by atoms with Crippen LogP contribution in [0.3, 0.4) is 0 Å². The zero-order valence-electron chi connectivity index (χ0n) is 16.6. The van der Waals surface area contributed by atoms with Gasteiger partial charge in [0.1, 0.15) is 0 Å². The van der Waals surface area contributed by atoms with Crippen LogP contribution in [0.15, 0.2) is 97.6 Å². The van der Waals surface area contributed by atoms with Crippen molar-refractivity contribution >= 4 is 17.3 Å². The monoisotopic (exact) mass is 394 g/mol. The Kier molecular flexibility index (Phi) is 5.52. The molecule has 0 aliphatic carbocycles. The van der Waals surface area contributed by atoms with Crippen molar-refractivity contribution in [2.45, 2.75) is 13.0 Å². The van der Waals surface area contributed by atoms with E-state index in [9.17, 15) is 4.79 Å². The number of carbonyl (C=O) groups is 1. The van der Waals surface area contributed by atoms with Gasteiger partial charge < -0.3 is 10.6 Å². The number of carbonyl (C=O) groups excluding carboxylic acids is 1. The van der Waals surface area contributed by atoms with Crippen LogP contribution in [0.2, 0.25) is 0 Å². The van der Waals surface area contributed by atoms with Gasteiger partial charge in [0.05, 0.1) is 29.8 Å². The largest absolute Gasteiger partial charge is 0.366 e. The van der Waals surface area contributed by atoms with Crippen molar-refractivity contribution in [3.8, 4) is 11.1 Å². The number of aromatic nitrogens is 2. The molecule has 0 bridgehead atoms. The smallest absolute Gasteiger partial charge is 0.248 e. The lowest BCUT2D eigenvalue weighted by Gasteiger charge is -2.32. The average Bonchev–Trinajstić information content (AvgIpc) is 2.81. The molecule has 5 nitrogen and oxygen atoms in total. The molecule has 1 amide bonds. The van der Waals surface area contributed by atoms with Crippen LogP contribution in [0.5, 0.6) is 0 Å². The van der Waals surface area contributed by atoms with Crippen molar-refractivity contribution in [2.24, 2.45) is 5.73 Å². The highest BCUT2D eigenvalue weighted by molar-refractivity contribution is 5.94. The quantitative estimate of drug-likeness (QED) is 0.491. The average molecular weight is 394 g/mol. The Balaban J connectivity index is 1.83. The van der Waals surface area contributed by atoms with Gasteiger partial charge >= 0.3 is 0 Å². The van der Waals surface area contributed by atoms with Crippen LogP contribution >= 0.6 is 0 Å². The molecule has 4 rings (SSSR count). The van der Waals surface area contributed by atoms with E-state index >= 15 is 0 Å². The number of nitrogens with zero attached hydrogens (tertiary/aromatic N) is 3. The van der Waals surface area contributed by atoms with Gasteiger partial charge in [-0.15, -0.1) is 0 Å². The first-order chi connectivity index (χ1) is 14.6. The molecule has 5 heteroatoms. The molecule has 0 saturated carbocycles. The number of hydrogen-bond acceptors (Lipinski definition) is 4. The van der Waals surface area contributed by atoms with Crippen molar-refractivity contribution in [1.82, 2.24) is 9.97 Å². The van der Waals surface area contributed by atoms with Crippen LogP contribution in [0.1, 0.15) is 28.9 Å². The Labute approximate surface area is 175 Å². The lowest BCUT2D eigenvalue weighted by molar-refractivity contribution is 0.100. The van der Waals surface area contributed by atoms with Crippen molar-refractivity contribution < 1.29 is 4.79 Å². The SMILES string of the molecule is CC(c1ccccc1-c1cccc(C(N)=O)c1)N(c1cccnc1)c1cccnc1. The van der Waals surface area contributed by atoms with Gasteiger partial charge in [-0.2, -0.15) is 0 Å². The van der Waals surface area contributed by atoms with Gasteiger partial charge in [0.25, 0.3) is 0 Å². The number of anilines is 2. The van der Waals surface area contributed by atoms with E-state index in [1.165, 1.54) is 0 Å². The minimum atomic E-state index is -0.435. The topological polar surface area (TPSA) is 72.1 Å². The lowest BCUT2D eigenvalue weighted by Crippen LogP contribution is -2.22. The first-order valence-corrected chi connectivity index (χ1v) is 9.73. The van der Waals surface area contributed by atoms with Crippen molar-refractivity contribution in [3.63, 3.8) is 0 Å². The predicted molar refractivity (Wildman–Crippen MR) is 119 cm³/mol. The summed E-state index contributed by atoms with van der Waals surface area (Å²) in [6.45, 7) is 2.15. The molecule has 0 saturated heterocycles. The fourth-order valence-corrected chi connectivity index (χ4v) is 3.69. The highest BCUT2D eigenvalue weighted by Crippen LogP contribution is 2.38. The molecule has 1 unspecified atom stereocenters. The van der Waals surface area contributed by atoms with Crippen LogP contribution < -0.4 is 10.6 Å². The van der Waals surface area contributed by atoms with Gasteiger partial charge in [-0.1, -0.05) is 36.4 Å². The molecule has 0 spiro atoms. The Morgan fingerprint density at radius 1 is 0.867 bits per heavy atom. The molecule has 2 aromatic heterocycles. The molecule has 1 atom stereocenters. The molecule has 148 valence electrons. The number of amides is 1. The lowest BCUT2D eigenvalue weighted by atomic mass is 9.93. The van der Waals surface area contributed by atoms with Crippen LogP contribution in [-0.2, 0) is 0 Å². The van der Waals surface area contributed by atoms with Crippen LogP contribution in [0.25, 0.3) is 11.1 Å². The van der Waals surface area contributed by atoms with E-state index in [4.69, 9.17) is 5.73 Å². The molecule has 2 heterocycles. The fraction of sp³-hybridized carbons (Fsp3) is 0.0800. The summed E-state index contributed by atoms with van der Waals surface area (Å²) in [5.41, 5.74) is 11.0. The fourth-order valence-electron chi connectivity index (χ4n) is 3.69. The number of benzene rings is 2. The second-order valence-electron chi connectivity index (χ2n) is 7.00. The zero-order chi connectivity index (χ0) is 20.9.